The number of carbonyl (C=O) groups excluding carboxylic acids is 2. The van der Waals surface area contributed by atoms with Crippen molar-refractivity contribution in [3.63, 3.8) is 0 Å². The Hall–Kier alpha value is -3.57. The molecule has 2 aromatic carbocycles. The average Bonchev–Trinajstić information content (AvgIpc) is 2.77. The van der Waals surface area contributed by atoms with Gasteiger partial charge in [-0.05, 0) is 38.1 Å². The first-order chi connectivity index (χ1) is 15.5. The van der Waals surface area contributed by atoms with Crippen molar-refractivity contribution in [2.45, 2.75) is 24.8 Å². The van der Waals surface area contributed by atoms with Crippen LogP contribution in [0.2, 0.25) is 0 Å². The highest BCUT2D eigenvalue weighted by Crippen LogP contribution is 2.18. The van der Waals surface area contributed by atoms with E-state index in [-0.39, 0.29) is 27.9 Å². The fraction of sp³-hybridized carbons (Fsp3) is 0.273. The third-order valence-electron chi connectivity index (χ3n) is 4.74. The van der Waals surface area contributed by atoms with Crippen LogP contribution in [0, 0.1) is 0 Å². The molecule has 0 saturated carbocycles. The van der Waals surface area contributed by atoms with Crippen LogP contribution in [0.3, 0.4) is 0 Å². The van der Waals surface area contributed by atoms with Gasteiger partial charge in [0.05, 0.1) is 16.3 Å². The zero-order valence-electron chi connectivity index (χ0n) is 18.6. The van der Waals surface area contributed by atoms with Gasteiger partial charge in [0.1, 0.15) is 0 Å². The highest BCUT2D eigenvalue weighted by Gasteiger charge is 2.21. The number of nitrogens with one attached hydrogen (secondary N) is 1. The number of anilines is 1. The second-order valence-corrected chi connectivity index (χ2v) is 9.83. The zero-order chi connectivity index (χ0) is 24.3. The number of hydrogen-bond acceptors (Lipinski definition) is 7. The van der Waals surface area contributed by atoms with Crippen LogP contribution in [0.1, 0.15) is 30.4 Å². The summed E-state index contributed by atoms with van der Waals surface area (Å²) >= 11 is 0. The summed E-state index contributed by atoms with van der Waals surface area (Å²) in [6.07, 6.45) is 0. The fourth-order valence-corrected chi connectivity index (χ4v) is 4.00. The van der Waals surface area contributed by atoms with Crippen molar-refractivity contribution in [3.05, 3.63) is 64.6 Å². The Balaban J connectivity index is 1.77. The number of fused-ring (bicyclic) bond motifs is 1. The topological polar surface area (TPSA) is 128 Å². The average molecular weight is 473 g/mol. The van der Waals surface area contributed by atoms with E-state index in [1.54, 1.807) is 38.1 Å². The standard InChI is InChI=1S/C22H24N4O6S/c1-14(2)26-21(28)18-11-6-5-10-17(18)20(24-26)22(29)32-13-19(27)23-15-8-7-9-16(12-15)33(30,31)25(3)4/h5-12,14H,13H2,1-4H3,(H,23,27). The van der Waals surface area contributed by atoms with E-state index < -0.39 is 28.5 Å². The molecule has 3 aromatic rings. The van der Waals surface area contributed by atoms with Gasteiger partial charge in [-0.3, -0.25) is 9.59 Å². The summed E-state index contributed by atoms with van der Waals surface area (Å²) < 4.78 is 31.9. The minimum absolute atomic E-state index is 0.00825. The maximum atomic E-state index is 12.7. The van der Waals surface area contributed by atoms with Crippen molar-refractivity contribution in [1.82, 2.24) is 14.1 Å². The molecular weight excluding hydrogens is 448 g/mol. The van der Waals surface area contributed by atoms with Crippen molar-refractivity contribution in [1.29, 1.82) is 0 Å². The summed E-state index contributed by atoms with van der Waals surface area (Å²) in [5.74, 6) is -1.52. The molecular formula is C22H24N4O6S. The lowest BCUT2D eigenvalue weighted by Crippen LogP contribution is -2.29. The Labute approximate surface area is 190 Å². The van der Waals surface area contributed by atoms with Crippen LogP contribution in [-0.2, 0) is 19.6 Å². The van der Waals surface area contributed by atoms with E-state index >= 15 is 0 Å². The zero-order valence-corrected chi connectivity index (χ0v) is 19.4. The second-order valence-electron chi connectivity index (χ2n) is 7.68. The number of benzene rings is 2. The molecule has 0 aliphatic carbocycles. The lowest BCUT2D eigenvalue weighted by Gasteiger charge is -2.14. The van der Waals surface area contributed by atoms with Crippen LogP contribution >= 0.6 is 0 Å². The Morgan fingerprint density at radius 2 is 1.76 bits per heavy atom. The lowest BCUT2D eigenvalue weighted by atomic mass is 10.1. The van der Waals surface area contributed by atoms with Gasteiger partial charge in [-0.15, -0.1) is 0 Å². The van der Waals surface area contributed by atoms with Crippen LogP contribution in [0.25, 0.3) is 10.8 Å². The summed E-state index contributed by atoms with van der Waals surface area (Å²) in [7, 11) is -0.866. The third kappa shape index (κ3) is 5.10. The van der Waals surface area contributed by atoms with Gasteiger partial charge >= 0.3 is 5.97 Å². The van der Waals surface area contributed by atoms with E-state index in [1.807, 2.05) is 0 Å². The van der Waals surface area contributed by atoms with E-state index in [2.05, 4.69) is 10.4 Å². The van der Waals surface area contributed by atoms with Gasteiger partial charge in [0.2, 0.25) is 10.0 Å². The highest BCUT2D eigenvalue weighted by molar-refractivity contribution is 7.89. The van der Waals surface area contributed by atoms with Crippen molar-refractivity contribution in [3.8, 4) is 0 Å². The van der Waals surface area contributed by atoms with Crippen molar-refractivity contribution in [2.75, 3.05) is 26.0 Å². The molecule has 0 bridgehead atoms. The van der Waals surface area contributed by atoms with Crippen LogP contribution in [0.15, 0.2) is 58.2 Å². The van der Waals surface area contributed by atoms with Gasteiger partial charge in [0.15, 0.2) is 12.3 Å². The highest BCUT2D eigenvalue weighted by atomic mass is 32.2. The molecule has 0 spiro atoms. The monoisotopic (exact) mass is 472 g/mol. The SMILES string of the molecule is CC(C)n1nc(C(=O)OCC(=O)Nc2cccc(S(=O)(=O)N(C)C)c2)c2ccccc2c1=O. The van der Waals surface area contributed by atoms with Crippen molar-refractivity contribution >= 4 is 38.4 Å². The van der Waals surface area contributed by atoms with Gasteiger partial charge in [-0.25, -0.2) is 22.2 Å². The number of hydrogen-bond donors (Lipinski definition) is 1. The number of esters is 1. The molecule has 1 amide bonds. The van der Waals surface area contributed by atoms with Crippen molar-refractivity contribution < 1.29 is 22.7 Å². The molecule has 0 atom stereocenters. The van der Waals surface area contributed by atoms with Gasteiger partial charge in [0, 0.05) is 25.2 Å². The first-order valence-corrected chi connectivity index (χ1v) is 11.5. The molecule has 174 valence electrons. The summed E-state index contributed by atoms with van der Waals surface area (Å²) in [4.78, 5) is 37.6. The maximum absolute atomic E-state index is 12.7. The molecule has 33 heavy (non-hydrogen) atoms. The van der Waals surface area contributed by atoms with E-state index in [0.717, 1.165) is 4.31 Å². The number of sulfonamides is 1. The molecule has 0 fully saturated rings. The predicted octanol–water partition coefficient (Wildman–Crippen LogP) is 2.02. The second kappa shape index (κ2) is 9.51. The minimum Gasteiger partial charge on any atom is -0.451 e. The minimum atomic E-state index is -3.67. The lowest BCUT2D eigenvalue weighted by molar-refractivity contribution is -0.119. The molecule has 0 saturated heterocycles. The summed E-state index contributed by atoms with van der Waals surface area (Å²) in [6.45, 7) is 2.90. The van der Waals surface area contributed by atoms with Gasteiger partial charge in [0.25, 0.3) is 11.5 Å². The van der Waals surface area contributed by atoms with E-state index in [9.17, 15) is 22.8 Å². The fourth-order valence-electron chi connectivity index (χ4n) is 3.05. The quantitative estimate of drug-likeness (QED) is 0.521. The first kappa shape index (κ1) is 24.1. The number of rotatable bonds is 7. The first-order valence-electron chi connectivity index (χ1n) is 10.0. The van der Waals surface area contributed by atoms with Gasteiger partial charge in [-0.2, -0.15) is 5.10 Å². The number of amides is 1. The van der Waals surface area contributed by atoms with Crippen molar-refractivity contribution in [2.24, 2.45) is 0 Å². The maximum Gasteiger partial charge on any atom is 0.359 e. The Bertz CT molecular complexity index is 1380. The molecule has 1 aromatic heterocycles. The molecule has 11 heteroatoms. The summed E-state index contributed by atoms with van der Waals surface area (Å²) in [5, 5.41) is 7.29. The molecule has 1 N–H and O–H groups in total. The summed E-state index contributed by atoms with van der Waals surface area (Å²) in [6, 6.07) is 12.0. The smallest absolute Gasteiger partial charge is 0.359 e. The molecule has 0 aliphatic rings. The third-order valence-corrected chi connectivity index (χ3v) is 6.55. The number of aromatic nitrogens is 2. The van der Waals surface area contributed by atoms with Gasteiger partial charge in [-0.1, -0.05) is 24.3 Å². The molecule has 1 heterocycles. The molecule has 3 rings (SSSR count). The van der Waals surface area contributed by atoms with Crippen LogP contribution in [0.5, 0.6) is 0 Å². The van der Waals surface area contributed by atoms with Crippen LogP contribution in [0.4, 0.5) is 5.69 Å². The predicted molar refractivity (Wildman–Crippen MR) is 123 cm³/mol. The summed E-state index contributed by atoms with van der Waals surface area (Å²) in [5.41, 5.74) is -0.177. The Morgan fingerprint density at radius 1 is 1.09 bits per heavy atom. The number of ether oxygens (including phenoxy) is 1. The largest absolute Gasteiger partial charge is 0.451 e. The van der Waals surface area contributed by atoms with Gasteiger partial charge < -0.3 is 10.1 Å². The molecule has 10 nitrogen and oxygen atoms in total. The number of nitrogens with zero attached hydrogens (tertiary/aromatic N) is 3. The Kier molecular flexibility index (Phi) is 6.94. The number of carbonyl (C=O) groups is 2. The molecule has 0 radical (unpaired) electrons. The van der Waals surface area contributed by atoms with E-state index in [1.165, 1.54) is 43.0 Å². The van der Waals surface area contributed by atoms with E-state index in [4.69, 9.17) is 4.74 Å². The van der Waals surface area contributed by atoms with E-state index in [0.29, 0.717) is 10.8 Å². The molecule has 0 aliphatic heterocycles. The Morgan fingerprint density at radius 3 is 2.39 bits per heavy atom. The molecule has 0 unspecified atom stereocenters. The van der Waals surface area contributed by atoms with Crippen LogP contribution in [-0.4, -0.2) is 55.1 Å². The van der Waals surface area contributed by atoms with Crippen LogP contribution < -0.4 is 10.9 Å². The normalized spacial score (nSPS) is 11.7.